The van der Waals surface area contributed by atoms with Gasteiger partial charge in [0.2, 0.25) is 0 Å². The maximum Gasteiger partial charge on any atom is 0.274 e. The van der Waals surface area contributed by atoms with Crippen molar-refractivity contribution in [2.24, 2.45) is 13.0 Å². The van der Waals surface area contributed by atoms with Gasteiger partial charge in [0.05, 0.1) is 13.2 Å². The lowest BCUT2D eigenvalue weighted by molar-refractivity contribution is -0.00369. The monoisotopic (exact) mass is 366 g/mol. The van der Waals surface area contributed by atoms with Crippen LogP contribution < -0.4 is 4.74 Å². The van der Waals surface area contributed by atoms with Crippen LogP contribution in [0.15, 0.2) is 36.5 Å². The van der Waals surface area contributed by atoms with Crippen molar-refractivity contribution in [2.75, 3.05) is 26.7 Å². The van der Waals surface area contributed by atoms with Crippen LogP contribution in [0.1, 0.15) is 34.8 Å². The molecule has 0 spiro atoms. The fourth-order valence-corrected chi connectivity index (χ4v) is 5.58. The lowest BCUT2D eigenvalue weighted by Crippen LogP contribution is -2.60. The first-order valence-electron chi connectivity index (χ1n) is 9.85. The SMILES string of the molecule is COc1ccccc1[C@H]1CN(C(=O)c2ccn(C)n2)[C@@H]2C3CCN(CC3)[C@H]12. The Balaban J connectivity index is 1.55. The minimum Gasteiger partial charge on any atom is -0.496 e. The number of rotatable bonds is 3. The highest BCUT2D eigenvalue weighted by atomic mass is 16.5. The summed E-state index contributed by atoms with van der Waals surface area (Å²) in [5.41, 5.74) is 1.77. The molecule has 5 heterocycles. The van der Waals surface area contributed by atoms with Gasteiger partial charge >= 0.3 is 0 Å². The molecule has 0 N–H and O–H groups in total. The average molecular weight is 366 g/mol. The van der Waals surface area contributed by atoms with E-state index in [0.717, 1.165) is 25.4 Å². The smallest absolute Gasteiger partial charge is 0.274 e. The molecule has 4 aliphatic heterocycles. The number of likely N-dealkylation sites (tertiary alicyclic amines) is 1. The van der Waals surface area contributed by atoms with Crippen LogP contribution in [0.2, 0.25) is 0 Å². The third kappa shape index (κ3) is 2.57. The van der Waals surface area contributed by atoms with Gasteiger partial charge in [-0.1, -0.05) is 18.2 Å². The van der Waals surface area contributed by atoms with E-state index in [9.17, 15) is 4.79 Å². The number of benzene rings is 1. The molecule has 2 bridgehead atoms. The predicted octanol–water partition coefficient (Wildman–Crippen LogP) is 2.13. The van der Waals surface area contributed by atoms with Crippen molar-refractivity contribution in [3.63, 3.8) is 0 Å². The van der Waals surface area contributed by atoms with Crippen molar-refractivity contribution in [3.05, 3.63) is 47.8 Å². The van der Waals surface area contributed by atoms with Gasteiger partial charge in [-0.25, -0.2) is 0 Å². The Labute approximate surface area is 159 Å². The van der Waals surface area contributed by atoms with Gasteiger partial charge in [-0.3, -0.25) is 14.4 Å². The molecule has 6 rings (SSSR count). The summed E-state index contributed by atoms with van der Waals surface area (Å²) in [6.45, 7) is 3.02. The normalized spacial score (nSPS) is 31.8. The van der Waals surface area contributed by atoms with Crippen molar-refractivity contribution < 1.29 is 9.53 Å². The highest BCUT2D eigenvalue weighted by Gasteiger charge is 2.55. The quantitative estimate of drug-likeness (QED) is 0.835. The van der Waals surface area contributed by atoms with Crippen LogP contribution in [0.25, 0.3) is 0 Å². The lowest BCUT2D eigenvalue weighted by atomic mass is 9.75. The summed E-state index contributed by atoms with van der Waals surface area (Å²) in [6.07, 6.45) is 4.21. The second-order valence-corrected chi connectivity index (χ2v) is 8.04. The highest BCUT2D eigenvalue weighted by Crippen LogP contribution is 2.48. The maximum atomic E-state index is 13.3. The molecule has 3 atom stereocenters. The molecule has 4 saturated heterocycles. The number of methoxy groups -OCH3 is 1. The Hall–Kier alpha value is -2.34. The summed E-state index contributed by atoms with van der Waals surface area (Å²) >= 11 is 0. The Morgan fingerprint density at radius 2 is 1.93 bits per heavy atom. The summed E-state index contributed by atoms with van der Waals surface area (Å²) in [5, 5.41) is 4.37. The molecule has 27 heavy (non-hydrogen) atoms. The van der Waals surface area contributed by atoms with Gasteiger partial charge in [-0.2, -0.15) is 5.10 Å². The van der Waals surface area contributed by atoms with Crippen LogP contribution in [0.4, 0.5) is 0 Å². The van der Waals surface area contributed by atoms with Crippen molar-refractivity contribution in [1.82, 2.24) is 19.6 Å². The molecule has 6 nitrogen and oxygen atoms in total. The molecule has 6 heteroatoms. The molecule has 2 aromatic rings. The van der Waals surface area contributed by atoms with E-state index < -0.39 is 0 Å². The van der Waals surface area contributed by atoms with Gasteiger partial charge in [0.15, 0.2) is 0 Å². The fraction of sp³-hybridized carbons (Fsp3) is 0.524. The van der Waals surface area contributed by atoms with E-state index in [4.69, 9.17) is 4.74 Å². The van der Waals surface area contributed by atoms with Gasteiger partial charge in [-0.15, -0.1) is 0 Å². The maximum absolute atomic E-state index is 13.3. The molecule has 0 saturated carbocycles. The fourth-order valence-electron chi connectivity index (χ4n) is 5.58. The summed E-state index contributed by atoms with van der Waals surface area (Å²) in [7, 11) is 3.59. The van der Waals surface area contributed by atoms with E-state index >= 15 is 0 Å². The van der Waals surface area contributed by atoms with Gasteiger partial charge in [0.1, 0.15) is 11.4 Å². The van der Waals surface area contributed by atoms with Crippen LogP contribution in [-0.2, 0) is 7.05 Å². The molecule has 1 aromatic carbocycles. The number of carbonyl (C=O) groups is 1. The number of amides is 1. The lowest BCUT2D eigenvalue weighted by Gasteiger charge is -2.51. The molecular weight excluding hydrogens is 340 g/mol. The standard InChI is InChI=1S/C21H26N4O2/c1-23-10-9-17(22-23)21(26)25-13-16(15-5-3-4-6-18(15)27-2)20-19(25)14-7-11-24(20)12-8-14/h3-6,9-10,14,16,19-20H,7-8,11-13H2,1-2H3/t16-,19-,20-/m1/s1. The Morgan fingerprint density at radius 3 is 2.63 bits per heavy atom. The minimum atomic E-state index is 0.0664. The van der Waals surface area contributed by atoms with Crippen molar-refractivity contribution in [3.8, 4) is 5.75 Å². The predicted molar refractivity (Wildman–Crippen MR) is 102 cm³/mol. The van der Waals surface area contributed by atoms with Gasteiger partial charge in [-0.05, 0) is 44.0 Å². The van der Waals surface area contributed by atoms with Crippen molar-refractivity contribution in [2.45, 2.75) is 30.8 Å². The summed E-state index contributed by atoms with van der Waals surface area (Å²) in [6, 6.07) is 10.8. The average Bonchev–Trinajstić information content (AvgIpc) is 3.33. The molecule has 4 fully saturated rings. The number of hydrogen-bond donors (Lipinski definition) is 0. The zero-order chi connectivity index (χ0) is 18.5. The number of piperidine rings is 3. The largest absolute Gasteiger partial charge is 0.496 e. The number of hydrogen-bond acceptors (Lipinski definition) is 4. The first-order chi connectivity index (χ1) is 13.2. The molecule has 0 radical (unpaired) electrons. The Morgan fingerprint density at radius 1 is 1.15 bits per heavy atom. The minimum absolute atomic E-state index is 0.0664. The number of fused-ring (bicyclic) bond motifs is 2. The Bertz CT molecular complexity index is 855. The first kappa shape index (κ1) is 16.8. The van der Waals surface area contributed by atoms with E-state index in [1.165, 1.54) is 18.4 Å². The summed E-state index contributed by atoms with van der Waals surface area (Å²) < 4.78 is 7.37. The van der Waals surface area contributed by atoms with E-state index in [1.807, 2.05) is 31.4 Å². The molecular formula is C21H26N4O2. The molecule has 142 valence electrons. The topological polar surface area (TPSA) is 50.6 Å². The third-order valence-corrected chi connectivity index (χ3v) is 6.73. The zero-order valence-electron chi connectivity index (χ0n) is 15.9. The van der Waals surface area contributed by atoms with Crippen LogP contribution >= 0.6 is 0 Å². The molecule has 1 amide bonds. The van der Waals surface area contributed by atoms with Gasteiger partial charge < -0.3 is 9.64 Å². The zero-order valence-corrected chi connectivity index (χ0v) is 15.9. The molecule has 4 aliphatic rings. The summed E-state index contributed by atoms with van der Waals surface area (Å²) in [4.78, 5) is 18.0. The van der Waals surface area contributed by atoms with Gasteiger partial charge in [0, 0.05) is 37.3 Å². The number of para-hydroxylation sites is 1. The highest BCUT2D eigenvalue weighted by molar-refractivity contribution is 5.93. The Kier molecular flexibility index (Phi) is 3.97. The van der Waals surface area contributed by atoms with Crippen LogP contribution in [0, 0.1) is 5.92 Å². The van der Waals surface area contributed by atoms with Crippen LogP contribution in [-0.4, -0.2) is 64.3 Å². The van der Waals surface area contributed by atoms with E-state index in [1.54, 1.807) is 11.8 Å². The molecule has 0 aliphatic carbocycles. The van der Waals surface area contributed by atoms with E-state index in [2.05, 4.69) is 27.0 Å². The number of aryl methyl sites for hydroxylation is 1. The third-order valence-electron chi connectivity index (χ3n) is 6.73. The second-order valence-electron chi connectivity index (χ2n) is 8.04. The van der Waals surface area contributed by atoms with Crippen molar-refractivity contribution >= 4 is 5.91 Å². The van der Waals surface area contributed by atoms with Crippen LogP contribution in [0.5, 0.6) is 5.75 Å². The number of aromatic nitrogens is 2. The number of carbonyl (C=O) groups excluding carboxylic acids is 1. The van der Waals surface area contributed by atoms with Crippen molar-refractivity contribution in [1.29, 1.82) is 0 Å². The van der Waals surface area contributed by atoms with Crippen LogP contribution in [0.3, 0.4) is 0 Å². The van der Waals surface area contributed by atoms with E-state index in [0.29, 0.717) is 17.7 Å². The second kappa shape index (κ2) is 6.37. The van der Waals surface area contributed by atoms with E-state index in [-0.39, 0.29) is 17.9 Å². The first-order valence-corrected chi connectivity index (χ1v) is 9.85. The molecule has 0 unspecified atom stereocenters. The summed E-state index contributed by atoms with van der Waals surface area (Å²) in [5.74, 6) is 1.86. The van der Waals surface area contributed by atoms with Gasteiger partial charge in [0.25, 0.3) is 5.91 Å². The number of ether oxygens (including phenoxy) is 1. The number of nitrogens with zero attached hydrogens (tertiary/aromatic N) is 4. The molecule has 1 aromatic heterocycles.